The second-order valence-corrected chi connectivity index (χ2v) is 4.82. The average molecular weight is 287 g/mol. The molecule has 20 heavy (non-hydrogen) atoms. The molecule has 0 spiro atoms. The number of pyridine rings is 1. The maximum atomic E-state index is 5.30. The molecule has 104 valence electrons. The van der Waals surface area contributed by atoms with E-state index < -0.39 is 0 Å². The molecule has 4 nitrogen and oxygen atoms in total. The average Bonchev–Trinajstić information content (AvgIpc) is 2.45. The van der Waals surface area contributed by atoms with Gasteiger partial charge >= 0.3 is 0 Å². The fourth-order valence-electron chi connectivity index (χ4n) is 1.75. The van der Waals surface area contributed by atoms with Crippen LogP contribution in [0.4, 0.5) is 11.4 Å². The molecule has 0 aliphatic rings. The smallest absolute Gasteiger partial charge is 0.213 e. The fourth-order valence-corrected chi connectivity index (χ4v) is 1.97. The number of anilines is 2. The Hall–Kier alpha value is -2.14. The molecule has 2 rings (SSSR count). The standard InChI is InChI=1S/C15H17N3OS/c1-10-5-4-6-13(11(10)2)18-15(20)17-12-7-8-14(19-3)16-9-12/h4-9H,1-3H3,(H2,17,18,20). The molecule has 1 heterocycles. The van der Waals surface area contributed by atoms with Gasteiger partial charge in [0.25, 0.3) is 0 Å². The zero-order chi connectivity index (χ0) is 14.5. The van der Waals surface area contributed by atoms with Crippen molar-refractivity contribution in [2.24, 2.45) is 0 Å². The van der Waals surface area contributed by atoms with E-state index in [0.29, 0.717) is 11.0 Å². The lowest BCUT2D eigenvalue weighted by Crippen LogP contribution is -2.19. The first-order chi connectivity index (χ1) is 9.60. The van der Waals surface area contributed by atoms with Gasteiger partial charge in [0.15, 0.2) is 5.11 Å². The van der Waals surface area contributed by atoms with Crippen molar-refractivity contribution in [1.29, 1.82) is 0 Å². The predicted molar refractivity (Wildman–Crippen MR) is 86.5 cm³/mol. The Morgan fingerprint density at radius 1 is 1.15 bits per heavy atom. The molecule has 0 radical (unpaired) electrons. The summed E-state index contributed by atoms with van der Waals surface area (Å²) in [4.78, 5) is 4.12. The van der Waals surface area contributed by atoms with Crippen LogP contribution >= 0.6 is 12.2 Å². The van der Waals surface area contributed by atoms with Crippen LogP contribution in [-0.2, 0) is 0 Å². The van der Waals surface area contributed by atoms with Gasteiger partial charge < -0.3 is 15.4 Å². The number of nitrogens with zero attached hydrogens (tertiary/aromatic N) is 1. The monoisotopic (exact) mass is 287 g/mol. The number of hydrogen-bond acceptors (Lipinski definition) is 3. The summed E-state index contributed by atoms with van der Waals surface area (Å²) in [7, 11) is 1.59. The first-order valence-electron chi connectivity index (χ1n) is 6.24. The predicted octanol–water partition coefficient (Wildman–Crippen LogP) is 3.52. The van der Waals surface area contributed by atoms with Gasteiger partial charge in [-0.3, -0.25) is 0 Å². The number of ether oxygens (including phenoxy) is 1. The zero-order valence-electron chi connectivity index (χ0n) is 11.7. The summed E-state index contributed by atoms with van der Waals surface area (Å²) in [5.74, 6) is 0.573. The van der Waals surface area contributed by atoms with Gasteiger partial charge in [0.1, 0.15) is 0 Å². The third-order valence-corrected chi connectivity index (χ3v) is 3.26. The summed E-state index contributed by atoms with van der Waals surface area (Å²) < 4.78 is 5.01. The van der Waals surface area contributed by atoms with Crippen molar-refractivity contribution in [3.63, 3.8) is 0 Å². The SMILES string of the molecule is COc1ccc(NC(=S)Nc2cccc(C)c2C)cn1. The molecule has 0 saturated heterocycles. The van der Waals surface area contributed by atoms with Crippen molar-refractivity contribution in [1.82, 2.24) is 4.98 Å². The topological polar surface area (TPSA) is 46.2 Å². The molecule has 1 aromatic carbocycles. The van der Waals surface area contributed by atoms with Crippen LogP contribution in [0, 0.1) is 13.8 Å². The van der Waals surface area contributed by atoms with E-state index >= 15 is 0 Å². The van der Waals surface area contributed by atoms with E-state index in [9.17, 15) is 0 Å². The summed E-state index contributed by atoms with van der Waals surface area (Å²) in [6.45, 7) is 4.14. The highest BCUT2D eigenvalue weighted by molar-refractivity contribution is 7.80. The molecular weight excluding hydrogens is 270 g/mol. The number of aromatic nitrogens is 1. The molecule has 0 amide bonds. The van der Waals surface area contributed by atoms with Crippen LogP contribution in [0.5, 0.6) is 5.88 Å². The summed E-state index contributed by atoms with van der Waals surface area (Å²) in [6.07, 6.45) is 1.68. The minimum absolute atomic E-state index is 0.533. The minimum Gasteiger partial charge on any atom is -0.481 e. The molecule has 0 aliphatic carbocycles. The van der Waals surface area contributed by atoms with Crippen LogP contribution in [0.25, 0.3) is 0 Å². The Bertz CT molecular complexity index is 611. The van der Waals surface area contributed by atoms with E-state index in [0.717, 1.165) is 11.4 Å². The van der Waals surface area contributed by atoms with Crippen molar-refractivity contribution in [2.75, 3.05) is 17.7 Å². The molecule has 0 atom stereocenters. The molecule has 0 fully saturated rings. The first-order valence-corrected chi connectivity index (χ1v) is 6.65. The van der Waals surface area contributed by atoms with Crippen molar-refractivity contribution in [2.45, 2.75) is 13.8 Å². The van der Waals surface area contributed by atoms with E-state index in [2.05, 4.69) is 35.5 Å². The Balaban J connectivity index is 2.03. The highest BCUT2D eigenvalue weighted by atomic mass is 32.1. The van der Waals surface area contributed by atoms with E-state index in [-0.39, 0.29) is 0 Å². The van der Waals surface area contributed by atoms with E-state index in [4.69, 9.17) is 17.0 Å². The number of hydrogen-bond donors (Lipinski definition) is 2. The lowest BCUT2D eigenvalue weighted by atomic mass is 10.1. The van der Waals surface area contributed by atoms with Gasteiger partial charge in [-0.25, -0.2) is 4.98 Å². The Morgan fingerprint density at radius 3 is 2.60 bits per heavy atom. The fraction of sp³-hybridized carbons (Fsp3) is 0.200. The van der Waals surface area contributed by atoms with Gasteiger partial charge in [-0.1, -0.05) is 12.1 Å². The number of thiocarbonyl (C=S) groups is 1. The number of rotatable bonds is 3. The van der Waals surface area contributed by atoms with Gasteiger partial charge in [0.05, 0.1) is 19.0 Å². The largest absolute Gasteiger partial charge is 0.481 e. The van der Waals surface area contributed by atoms with E-state index in [1.54, 1.807) is 19.4 Å². The van der Waals surface area contributed by atoms with Crippen molar-refractivity contribution in [3.8, 4) is 5.88 Å². The Kier molecular flexibility index (Phi) is 4.53. The van der Waals surface area contributed by atoms with E-state index in [1.165, 1.54) is 11.1 Å². The second kappa shape index (κ2) is 6.34. The van der Waals surface area contributed by atoms with Crippen LogP contribution in [0.2, 0.25) is 0 Å². The summed E-state index contributed by atoms with van der Waals surface area (Å²) in [5.41, 5.74) is 4.23. The van der Waals surface area contributed by atoms with Crippen LogP contribution < -0.4 is 15.4 Å². The molecule has 0 bridgehead atoms. The van der Waals surface area contributed by atoms with Crippen molar-refractivity contribution in [3.05, 3.63) is 47.7 Å². The Morgan fingerprint density at radius 2 is 1.95 bits per heavy atom. The zero-order valence-corrected chi connectivity index (χ0v) is 12.5. The number of nitrogens with one attached hydrogen (secondary N) is 2. The third kappa shape index (κ3) is 3.45. The molecule has 2 N–H and O–H groups in total. The summed E-state index contributed by atoms with van der Waals surface area (Å²) in [6, 6.07) is 9.72. The molecule has 0 aliphatic heterocycles. The van der Waals surface area contributed by atoms with Crippen molar-refractivity contribution < 1.29 is 4.74 Å². The highest BCUT2D eigenvalue weighted by Gasteiger charge is 2.03. The van der Waals surface area contributed by atoms with Gasteiger partial charge in [-0.2, -0.15) is 0 Å². The van der Waals surface area contributed by atoms with Crippen LogP contribution in [0.1, 0.15) is 11.1 Å². The summed E-state index contributed by atoms with van der Waals surface area (Å²) >= 11 is 5.30. The molecular formula is C15H17N3OS. The maximum absolute atomic E-state index is 5.30. The lowest BCUT2D eigenvalue weighted by molar-refractivity contribution is 0.398. The summed E-state index contributed by atoms with van der Waals surface area (Å²) in [5, 5.41) is 6.81. The normalized spacial score (nSPS) is 9.95. The van der Waals surface area contributed by atoms with Crippen LogP contribution in [0.15, 0.2) is 36.5 Å². The number of methoxy groups -OCH3 is 1. The van der Waals surface area contributed by atoms with E-state index in [1.807, 2.05) is 18.2 Å². The lowest BCUT2D eigenvalue weighted by Gasteiger charge is -2.13. The van der Waals surface area contributed by atoms with Gasteiger partial charge in [-0.15, -0.1) is 0 Å². The quantitative estimate of drug-likeness (QED) is 0.846. The van der Waals surface area contributed by atoms with Gasteiger partial charge in [-0.05, 0) is 49.3 Å². The van der Waals surface area contributed by atoms with Gasteiger partial charge in [0, 0.05) is 11.8 Å². The number of aryl methyl sites for hydroxylation is 1. The second-order valence-electron chi connectivity index (χ2n) is 4.42. The molecule has 5 heteroatoms. The molecule has 0 saturated carbocycles. The minimum atomic E-state index is 0.533. The molecule has 2 aromatic rings. The molecule has 0 unspecified atom stereocenters. The maximum Gasteiger partial charge on any atom is 0.213 e. The van der Waals surface area contributed by atoms with Gasteiger partial charge in [0.2, 0.25) is 5.88 Å². The highest BCUT2D eigenvalue weighted by Crippen LogP contribution is 2.18. The third-order valence-electron chi connectivity index (χ3n) is 3.06. The molecule has 1 aromatic heterocycles. The van der Waals surface area contributed by atoms with Crippen molar-refractivity contribution >= 4 is 28.7 Å². The van der Waals surface area contributed by atoms with Crippen LogP contribution in [-0.4, -0.2) is 17.2 Å². The Labute approximate surface area is 124 Å². The number of benzene rings is 1. The first kappa shape index (κ1) is 14.3. The van der Waals surface area contributed by atoms with Crippen LogP contribution in [0.3, 0.4) is 0 Å².